The Morgan fingerprint density at radius 1 is 0.608 bits per heavy atom. The van der Waals surface area contributed by atoms with Crippen LogP contribution in [0.2, 0.25) is 38.3 Å². The fraction of sp³-hybridized carbons (Fsp3) is 0.591. The Labute approximate surface area is 309 Å². The SMILES string of the molecule is CC12CCC(/C(=C\c3ccc(OCCC[Si](C)(C)O[Si](C)(C)CCCOc4ccc(/C=C5/C(=O)C6(C)CCC5C6(C)C)cc4)cc3)C1=O)C2(C)C. The lowest BCUT2D eigenvalue weighted by Crippen LogP contribution is -2.44. The minimum absolute atomic E-state index is 0.0364. The average Bonchev–Trinajstić information content (AvgIpc) is 3.55. The van der Waals surface area contributed by atoms with Crippen molar-refractivity contribution in [2.24, 2.45) is 33.5 Å². The molecule has 0 saturated heterocycles. The van der Waals surface area contributed by atoms with Crippen LogP contribution < -0.4 is 9.47 Å². The van der Waals surface area contributed by atoms with Crippen LogP contribution >= 0.6 is 0 Å². The summed E-state index contributed by atoms with van der Waals surface area (Å²) in [4.78, 5) is 26.4. The van der Waals surface area contributed by atoms with Crippen LogP contribution in [0.1, 0.15) is 91.2 Å². The van der Waals surface area contributed by atoms with Gasteiger partial charge in [-0.1, -0.05) is 65.8 Å². The maximum atomic E-state index is 13.2. The molecule has 0 radical (unpaired) electrons. The summed E-state index contributed by atoms with van der Waals surface area (Å²) in [6, 6.07) is 18.6. The molecule has 0 heterocycles. The van der Waals surface area contributed by atoms with Crippen LogP contribution in [0.3, 0.4) is 0 Å². The third kappa shape index (κ3) is 7.04. The molecule has 276 valence electrons. The molecule has 51 heavy (non-hydrogen) atoms. The largest absolute Gasteiger partial charge is 0.494 e. The van der Waals surface area contributed by atoms with Crippen molar-refractivity contribution < 1.29 is 23.2 Å². The van der Waals surface area contributed by atoms with E-state index in [0.29, 0.717) is 36.6 Å². The molecule has 2 aromatic carbocycles. The molecule has 4 aliphatic carbocycles. The number of ketones is 2. The topological polar surface area (TPSA) is 61.8 Å². The highest BCUT2D eigenvalue weighted by atomic mass is 28.4. The van der Waals surface area contributed by atoms with Gasteiger partial charge >= 0.3 is 0 Å². The molecule has 4 saturated carbocycles. The van der Waals surface area contributed by atoms with Crippen molar-refractivity contribution >= 4 is 40.4 Å². The molecule has 5 nitrogen and oxygen atoms in total. The first-order chi connectivity index (χ1) is 23.8. The fourth-order valence-electron chi connectivity index (χ4n) is 10.1. The van der Waals surface area contributed by atoms with Gasteiger partial charge in [-0.05, 0) is 158 Å². The molecule has 7 heteroatoms. The number of carbonyl (C=O) groups is 2. The predicted octanol–water partition coefficient (Wildman–Crippen LogP) is 11.2. The first-order valence-electron chi connectivity index (χ1n) is 19.5. The quantitative estimate of drug-likeness (QED) is 0.110. The summed E-state index contributed by atoms with van der Waals surface area (Å²) >= 11 is 0. The van der Waals surface area contributed by atoms with Gasteiger partial charge in [-0.3, -0.25) is 9.59 Å². The van der Waals surface area contributed by atoms with E-state index >= 15 is 0 Å². The molecule has 4 bridgehead atoms. The molecule has 4 unspecified atom stereocenters. The van der Waals surface area contributed by atoms with Gasteiger partial charge in [0.05, 0.1) is 13.2 Å². The maximum Gasteiger partial charge on any atom is 0.173 e. The minimum atomic E-state index is -1.84. The zero-order valence-electron chi connectivity index (χ0n) is 33.0. The Bertz CT molecular complexity index is 1570. The highest BCUT2D eigenvalue weighted by Crippen LogP contribution is 2.66. The number of ether oxygens (including phenoxy) is 2. The van der Waals surface area contributed by atoms with E-state index in [0.717, 1.165) is 84.4 Å². The first-order valence-corrected chi connectivity index (χ1v) is 25.7. The summed E-state index contributed by atoms with van der Waals surface area (Å²) < 4.78 is 19.1. The molecule has 0 aliphatic heterocycles. The van der Waals surface area contributed by atoms with E-state index in [1.165, 1.54) is 0 Å². The van der Waals surface area contributed by atoms with E-state index in [1.807, 2.05) is 24.3 Å². The van der Waals surface area contributed by atoms with Gasteiger partial charge in [0.15, 0.2) is 28.2 Å². The van der Waals surface area contributed by atoms with Gasteiger partial charge in [0.2, 0.25) is 0 Å². The molecule has 4 aliphatic rings. The lowest BCUT2D eigenvalue weighted by atomic mass is 9.70. The zero-order chi connectivity index (χ0) is 37.0. The Morgan fingerprint density at radius 3 is 1.27 bits per heavy atom. The summed E-state index contributed by atoms with van der Waals surface area (Å²) in [7, 11) is -3.67. The van der Waals surface area contributed by atoms with E-state index in [4.69, 9.17) is 13.6 Å². The summed E-state index contributed by atoms with van der Waals surface area (Å²) in [5, 5.41) is 0. The molecular formula is C44H62O5Si2. The average molecular weight is 727 g/mol. The third-order valence-corrected chi connectivity index (χ3v) is 21.6. The Kier molecular flexibility index (Phi) is 10.1. The Morgan fingerprint density at radius 2 is 0.961 bits per heavy atom. The number of rotatable bonds is 14. The minimum Gasteiger partial charge on any atom is -0.494 e. The van der Waals surface area contributed by atoms with Crippen molar-refractivity contribution in [2.45, 2.75) is 118 Å². The van der Waals surface area contributed by atoms with Gasteiger partial charge < -0.3 is 13.6 Å². The smallest absolute Gasteiger partial charge is 0.173 e. The number of hydrogen-bond acceptors (Lipinski definition) is 5. The molecule has 6 rings (SSSR count). The highest BCUT2D eigenvalue weighted by molar-refractivity contribution is 6.84. The van der Waals surface area contributed by atoms with Gasteiger partial charge in [-0.25, -0.2) is 0 Å². The third-order valence-electron chi connectivity index (χ3n) is 14.1. The van der Waals surface area contributed by atoms with Crippen LogP contribution in [0.25, 0.3) is 12.2 Å². The van der Waals surface area contributed by atoms with Crippen molar-refractivity contribution in [3.05, 3.63) is 70.8 Å². The summed E-state index contributed by atoms with van der Waals surface area (Å²) in [5.41, 5.74) is 3.81. The van der Waals surface area contributed by atoms with Crippen molar-refractivity contribution in [3.8, 4) is 11.5 Å². The lowest BCUT2D eigenvalue weighted by Gasteiger charge is -2.34. The summed E-state index contributed by atoms with van der Waals surface area (Å²) in [5.74, 6) is 3.16. The van der Waals surface area contributed by atoms with Crippen molar-refractivity contribution in [2.75, 3.05) is 13.2 Å². The number of hydrogen-bond donors (Lipinski definition) is 0. The lowest BCUT2D eigenvalue weighted by molar-refractivity contribution is -0.126. The number of carbonyl (C=O) groups excluding carboxylic acids is 2. The summed E-state index contributed by atoms with van der Waals surface area (Å²) in [6.07, 6.45) is 10.4. The van der Waals surface area contributed by atoms with Crippen LogP contribution in [0.4, 0.5) is 0 Å². The van der Waals surface area contributed by atoms with Gasteiger partial charge in [0, 0.05) is 10.8 Å². The van der Waals surface area contributed by atoms with E-state index in [9.17, 15) is 9.59 Å². The van der Waals surface area contributed by atoms with Crippen LogP contribution in [-0.4, -0.2) is 41.4 Å². The van der Waals surface area contributed by atoms with Crippen LogP contribution in [0, 0.1) is 33.5 Å². The van der Waals surface area contributed by atoms with E-state index < -0.39 is 16.6 Å². The van der Waals surface area contributed by atoms with Crippen LogP contribution in [-0.2, 0) is 13.7 Å². The Hall–Kier alpha value is -2.75. The molecule has 0 aromatic heterocycles. The normalized spacial score (nSPS) is 29.5. The molecule has 2 aromatic rings. The zero-order valence-corrected chi connectivity index (χ0v) is 35.0. The number of Topliss-reactive ketones (excluding diaryl/α,β-unsaturated/α-hetero) is 2. The maximum absolute atomic E-state index is 13.2. The van der Waals surface area contributed by atoms with Crippen molar-refractivity contribution in [1.82, 2.24) is 0 Å². The molecule has 0 N–H and O–H groups in total. The molecule has 0 amide bonds. The second-order valence-electron chi connectivity index (χ2n) is 18.8. The van der Waals surface area contributed by atoms with Crippen LogP contribution in [0.15, 0.2) is 59.7 Å². The van der Waals surface area contributed by atoms with Gasteiger partial charge in [-0.2, -0.15) is 0 Å². The second kappa shape index (κ2) is 13.6. The van der Waals surface area contributed by atoms with Crippen molar-refractivity contribution in [3.63, 3.8) is 0 Å². The standard InChI is InChI=1S/C44H62O5Si2/c1-41(2)37-21-23-43(41,5)39(45)35(37)29-31-13-17-33(18-14-31)47-25-11-27-50(7,8)49-51(9,10)28-12-26-48-34-19-15-32(16-20-34)30-36-38-22-24-44(6,40(36)46)42(38,3)4/h13-20,29-30,37-38H,11-12,21-28H2,1-10H3/b35-29+,36-30+. The van der Waals surface area contributed by atoms with Crippen molar-refractivity contribution in [1.29, 1.82) is 0 Å². The van der Waals surface area contributed by atoms with E-state index in [1.54, 1.807) is 0 Å². The van der Waals surface area contributed by atoms with E-state index in [2.05, 4.69) is 104 Å². The Balaban J connectivity index is 0.898. The monoisotopic (exact) mass is 726 g/mol. The van der Waals surface area contributed by atoms with E-state index in [-0.39, 0.29) is 21.7 Å². The molecule has 4 atom stereocenters. The molecular weight excluding hydrogens is 665 g/mol. The fourth-order valence-corrected chi connectivity index (χ4v) is 18.9. The van der Waals surface area contributed by atoms with Gasteiger partial charge in [0.1, 0.15) is 11.5 Å². The first kappa shape index (κ1) is 38.0. The van der Waals surface area contributed by atoms with Gasteiger partial charge in [-0.15, -0.1) is 0 Å². The number of fused-ring (bicyclic) bond motifs is 4. The second-order valence-corrected chi connectivity index (χ2v) is 27.7. The molecule has 0 spiro atoms. The number of allylic oxidation sites excluding steroid dienone is 2. The van der Waals surface area contributed by atoms with Crippen LogP contribution in [0.5, 0.6) is 11.5 Å². The molecule has 4 fully saturated rings. The van der Waals surface area contributed by atoms with Gasteiger partial charge in [0.25, 0.3) is 0 Å². The summed E-state index contributed by atoms with van der Waals surface area (Å²) in [6.45, 7) is 24.1. The highest BCUT2D eigenvalue weighted by Gasteiger charge is 2.64. The predicted molar refractivity (Wildman–Crippen MR) is 214 cm³/mol. The number of benzene rings is 2.